The van der Waals surface area contributed by atoms with Crippen LogP contribution in [-0.4, -0.2) is 18.1 Å². The highest BCUT2D eigenvalue weighted by molar-refractivity contribution is 9.10. The van der Waals surface area contributed by atoms with Crippen LogP contribution in [-0.2, 0) is 0 Å². The zero-order valence-corrected chi connectivity index (χ0v) is 10.8. The van der Waals surface area contributed by atoms with Gasteiger partial charge in [0.25, 0.3) is 0 Å². The molecule has 1 aromatic heterocycles. The van der Waals surface area contributed by atoms with E-state index in [1.165, 1.54) is 37.5 Å². The summed E-state index contributed by atoms with van der Waals surface area (Å²) >= 11 is 5.13. The van der Waals surface area contributed by atoms with Gasteiger partial charge in [-0.1, -0.05) is 13.3 Å². The fourth-order valence-electron chi connectivity index (χ4n) is 1.92. The van der Waals surface area contributed by atoms with Gasteiger partial charge in [-0.15, -0.1) is 11.3 Å². The van der Waals surface area contributed by atoms with Crippen LogP contribution in [0.4, 0.5) is 5.13 Å². The predicted molar refractivity (Wildman–Crippen MR) is 65.0 cm³/mol. The van der Waals surface area contributed by atoms with Gasteiger partial charge in [-0.05, 0) is 34.7 Å². The Hall–Kier alpha value is -0.0900. The van der Waals surface area contributed by atoms with E-state index in [2.05, 4.69) is 38.1 Å². The number of hydrogen-bond acceptors (Lipinski definition) is 3. The minimum absolute atomic E-state index is 0.939. The summed E-state index contributed by atoms with van der Waals surface area (Å²) in [5.41, 5.74) is 0. The van der Waals surface area contributed by atoms with Crippen molar-refractivity contribution >= 4 is 32.4 Å². The van der Waals surface area contributed by atoms with Gasteiger partial charge in [0, 0.05) is 18.5 Å². The topological polar surface area (TPSA) is 16.1 Å². The number of nitrogens with zero attached hydrogens (tertiary/aromatic N) is 2. The summed E-state index contributed by atoms with van der Waals surface area (Å²) in [5, 5.41) is 3.23. The van der Waals surface area contributed by atoms with Crippen molar-refractivity contribution in [1.82, 2.24) is 4.98 Å². The molecule has 14 heavy (non-hydrogen) atoms. The first-order chi connectivity index (χ1) is 6.79. The minimum Gasteiger partial charge on any atom is -0.348 e. The van der Waals surface area contributed by atoms with E-state index in [0.29, 0.717) is 0 Å². The monoisotopic (exact) mass is 274 g/mol. The van der Waals surface area contributed by atoms with Gasteiger partial charge in [0.05, 0.1) is 0 Å². The van der Waals surface area contributed by atoms with Crippen LogP contribution in [0.3, 0.4) is 0 Å². The van der Waals surface area contributed by atoms with Crippen LogP contribution in [0.15, 0.2) is 9.98 Å². The Morgan fingerprint density at radius 3 is 2.79 bits per heavy atom. The molecule has 0 saturated carbocycles. The van der Waals surface area contributed by atoms with Gasteiger partial charge < -0.3 is 4.90 Å². The summed E-state index contributed by atoms with van der Waals surface area (Å²) in [4.78, 5) is 6.85. The predicted octanol–water partition coefficient (Wildman–Crippen LogP) is 3.53. The molecule has 78 valence electrons. The third-order valence-corrected chi connectivity index (χ3v) is 4.54. The molecular formula is C10H15BrN2S. The Balaban J connectivity index is 1.95. The Kier molecular flexibility index (Phi) is 3.44. The average molecular weight is 275 g/mol. The molecule has 0 aromatic carbocycles. The molecule has 1 aromatic rings. The lowest BCUT2D eigenvalue weighted by Gasteiger charge is -2.31. The molecule has 2 rings (SSSR count). The largest absolute Gasteiger partial charge is 0.348 e. The van der Waals surface area contributed by atoms with Crippen molar-refractivity contribution in [3.05, 3.63) is 9.98 Å². The van der Waals surface area contributed by atoms with Crippen LogP contribution >= 0.6 is 27.3 Å². The van der Waals surface area contributed by atoms with Crippen molar-refractivity contribution in [2.75, 3.05) is 18.0 Å². The molecule has 1 aliphatic heterocycles. The number of halogens is 1. The summed E-state index contributed by atoms with van der Waals surface area (Å²) in [7, 11) is 0. The van der Waals surface area contributed by atoms with Crippen molar-refractivity contribution < 1.29 is 0 Å². The van der Waals surface area contributed by atoms with Gasteiger partial charge in [0.2, 0.25) is 0 Å². The van der Waals surface area contributed by atoms with Gasteiger partial charge in [-0.3, -0.25) is 0 Å². The molecular weight excluding hydrogens is 260 g/mol. The number of anilines is 1. The lowest BCUT2D eigenvalue weighted by Crippen LogP contribution is -2.33. The van der Waals surface area contributed by atoms with E-state index >= 15 is 0 Å². The van der Waals surface area contributed by atoms with Gasteiger partial charge >= 0.3 is 0 Å². The van der Waals surface area contributed by atoms with Gasteiger partial charge in [0.15, 0.2) is 5.13 Å². The number of piperidine rings is 1. The first-order valence-corrected chi connectivity index (χ1v) is 6.83. The molecule has 1 fully saturated rings. The van der Waals surface area contributed by atoms with Crippen LogP contribution in [0.25, 0.3) is 0 Å². The zero-order chi connectivity index (χ0) is 9.97. The Morgan fingerprint density at radius 1 is 1.57 bits per heavy atom. The fraction of sp³-hybridized carbons (Fsp3) is 0.700. The zero-order valence-electron chi connectivity index (χ0n) is 8.37. The SMILES string of the molecule is CCC1CCN(c2nc(Br)cs2)CC1. The van der Waals surface area contributed by atoms with E-state index < -0.39 is 0 Å². The second-order valence-electron chi connectivity index (χ2n) is 3.79. The lowest BCUT2D eigenvalue weighted by atomic mass is 9.95. The molecule has 2 nitrogen and oxygen atoms in total. The van der Waals surface area contributed by atoms with Gasteiger partial charge in [-0.25, -0.2) is 4.98 Å². The van der Waals surface area contributed by atoms with Crippen molar-refractivity contribution in [2.45, 2.75) is 26.2 Å². The molecule has 0 atom stereocenters. The third-order valence-electron chi connectivity index (χ3n) is 2.93. The third kappa shape index (κ3) is 2.28. The molecule has 2 heterocycles. The summed E-state index contributed by atoms with van der Waals surface area (Å²) in [5.74, 6) is 0.939. The van der Waals surface area contributed by atoms with E-state index in [1.54, 1.807) is 11.3 Å². The highest BCUT2D eigenvalue weighted by Crippen LogP contribution is 2.28. The van der Waals surface area contributed by atoms with Gasteiger partial charge in [0.1, 0.15) is 4.60 Å². The molecule has 0 unspecified atom stereocenters. The maximum absolute atomic E-state index is 4.45. The van der Waals surface area contributed by atoms with E-state index in [9.17, 15) is 0 Å². The normalized spacial score (nSPS) is 18.9. The number of hydrogen-bond donors (Lipinski definition) is 0. The molecule has 0 spiro atoms. The highest BCUT2D eigenvalue weighted by atomic mass is 79.9. The molecule has 0 N–H and O–H groups in total. The second-order valence-corrected chi connectivity index (χ2v) is 5.44. The Bertz CT molecular complexity index is 292. The summed E-state index contributed by atoms with van der Waals surface area (Å²) in [6.07, 6.45) is 3.98. The Morgan fingerprint density at radius 2 is 2.29 bits per heavy atom. The molecule has 0 aliphatic carbocycles. The smallest absolute Gasteiger partial charge is 0.186 e. The molecule has 1 aliphatic rings. The summed E-state index contributed by atoms with van der Waals surface area (Å²) < 4.78 is 0.968. The van der Waals surface area contributed by atoms with E-state index in [0.717, 1.165) is 10.5 Å². The van der Waals surface area contributed by atoms with E-state index in [4.69, 9.17) is 0 Å². The maximum atomic E-state index is 4.45. The van der Waals surface area contributed by atoms with Crippen molar-refractivity contribution in [3.63, 3.8) is 0 Å². The summed E-state index contributed by atoms with van der Waals surface area (Å²) in [6, 6.07) is 0. The van der Waals surface area contributed by atoms with Gasteiger partial charge in [-0.2, -0.15) is 0 Å². The van der Waals surface area contributed by atoms with Crippen LogP contribution in [0, 0.1) is 5.92 Å². The minimum atomic E-state index is 0.939. The van der Waals surface area contributed by atoms with E-state index in [-0.39, 0.29) is 0 Å². The van der Waals surface area contributed by atoms with Crippen LogP contribution in [0.5, 0.6) is 0 Å². The quantitative estimate of drug-likeness (QED) is 0.820. The molecule has 4 heteroatoms. The number of rotatable bonds is 2. The van der Waals surface area contributed by atoms with Crippen LogP contribution in [0.2, 0.25) is 0 Å². The highest BCUT2D eigenvalue weighted by Gasteiger charge is 2.19. The van der Waals surface area contributed by atoms with Crippen molar-refractivity contribution in [1.29, 1.82) is 0 Å². The van der Waals surface area contributed by atoms with E-state index in [1.807, 2.05) is 0 Å². The molecule has 0 radical (unpaired) electrons. The number of thiazole rings is 1. The van der Waals surface area contributed by atoms with Crippen molar-refractivity contribution in [2.24, 2.45) is 5.92 Å². The number of aromatic nitrogens is 1. The first kappa shape index (κ1) is 10.4. The first-order valence-electron chi connectivity index (χ1n) is 5.15. The molecule has 0 bridgehead atoms. The second kappa shape index (κ2) is 4.62. The maximum Gasteiger partial charge on any atom is 0.186 e. The average Bonchev–Trinajstić information content (AvgIpc) is 2.65. The summed E-state index contributed by atoms with van der Waals surface area (Å²) in [6.45, 7) is 4.65. The van der Waals surface area contributed by atoms with Crippen LogP contribution in [0.1, 0.15) is 26.2 Å². The van der Waals surface area contributed by atoms with Crippen LogP contribution < -0.4 is 4.90 Å². The molecule has 1 saturated heterocycles. The van der Waals surface area contributed by atoms with Crippen molar-refractivity contribution in [3.8, 4) is 0 Å². The lowest BCUT2D eigenvalue weighted by molar-refractivity contribution is 0.395. The Labute approximate surface area is 97.5 Å². The standard InChI is InChI=1S/C10H15BrN2S/c1-2-8-3-5-13(6-4-8)10-12-9(11)7-14-10/h7-8H,2-6H2,1H3. The fourth-order valence-corrected chi connectivity index (χ4v) is 3.23. The molecule has 0 amide bonds.